The third-order valence-electron chi connectivity index (χ3n) is 10.0. The van der Waals surface area contributed by atoms with Gasteiger partial charge in [0.25, 0.3) is 0 Å². The molecule has 3 heteroatoms. The highest BCUT2D eigenvalue weighted by Gasteiger charge is 2.20. The largest absolute Gasteiger partial charge is 0.309 e. The average Bonchev–Trinajstić information content (AvgIpc) is 3.71. The third-order valence-corrected chi connectivity index (χ3v) is 10.0. The Kier molecular flexibility index (Phi) is 6.00. The maximum atomic E-state index is 5.11. The summed E-state index contributed by atoms with van der Waals surface area (Å²) in [5, 5.41) is 2.59. The summed E-state index contributed by atoms with van der Waals surface area (Å²) in [7, 11) is 0. The Balaban J connectivity index is 1.03. The van der Waals surface area contributed by atoms with E-state index in [4.69, 9.17) is 4.98 Å². The summed E-state index contributed by atoms with van der Waals surface area (Å²) < 4.78 is 4.69. The maximum absolute atomic E-state index is 5.11. The van der Waals surface area contributed by atoms with Crippen LogP contribution in [0.25, 0.3) is 77.9 Å². The Bertz CT molecular complexity index is 2620. The van der Waals surface area contributed by atoms with Crippen molar-refractivity contribution in [3.8, 4) is 45.0 Å². The van der Waals surface area contributed by atoms with Crippen molar-refractivity contribution >= 4 is 32.8 Å². The molecule has 0 amide bonds. The van der Waals surface area contributed by atoms with E-state index in [0.717, 1.165) is 41.0 Å². The number of benzene rings is 7. The van der Waals surface area contributed by atoms with Crippen molar-refractivity contribution in [2.24, 2.45) is 0 Å². The Hall–Kier alpha value is -6.19. The van der Waals surface area contributed by atoms with Crippen LogP contribution in [0, 0.1) is 0 Å². The second kappa shape index (κ2) is 10.7. The van der Waals surface area contributed by atoms with E-state index in [1.165, 1.54) is 60.9 Å². The molecule has 2 heterocycles. The summed E-state index contributed by atoms with van der Waals surface area (Å²) in [6, 6.07) is 59.3. The monoisotopic (exact) mass is 613 g/mol. The lowest BCUT2D eigenvalue weighted by molar-refractivity contribution is 0.938. The molecule has 48 heavy (non-hydrogen) atoms. The molecule has 0 saturated carbocycles. The molecule has 0 aliphatic heterocycles. The van der Waals surface area contributed by atoms with Gasteiger partial charge in [0, 0.05) is 27.7 Å². The maximum Gasteiger partial charge on any atom is 0.145 e. The molecule has 0 radical (unpaired) electrons. The van der Waals surface area contributed by atoms with Crippen LogP contribution >= 0.6 is 0 Å². The van der Waals surface area contributed by atoms with Gasteiger partial charge < -0.3 is 4.57 Å². The third kappa shape index (κ3) is 4.18. The number of hydrogen-bond acceptors (Lipinski definition) is 1. The predicted molar refractivity (Wildman–Crippen MR) is 199 cm³/mol. The van der Waals surface area contributed by atoms with Crippen LogP contribution in [0.15, 0.2) is 164 Å². The van der Waals surface area contributed by atoms with E-state index in [2.05, 4.69) is 173 Å². The van der Waals surface area contributed by atoms with E-state index in [1.807, 2.05) is 0 Å². The first kappa shape index (κ1) is 27.0. The van der Waals surface area contributed by atoms with E-state index in [1.54, 1.807) is 0 Å². The van der Waals surface area contributed by atoms with Gasteiger partial charge in [-0.3, -0.25) is 4.57 Å². The van der Waals surface area contributed by atoms with Crippen LogP contribution in [0.4, 0.5) is 0 Å². The lowest BCUT2D eigenvalue weighted by Crippen LogP contribution is -2.06. The van der Waals surface area contributed by atoms with Crippen molar-refractivity contribution in [1.29, 1.82) is 0 Å². The normalized spacial score (nSPS) is 12.4. The second-order valence-corrected chi connectivity index (χ2v) is 12.8. The predicted octanol–water partition coefficient (Wildman–Crippen LogP) is 11.2. The zero-order valence-electron chi connectivity index (χ0n) is 26.3. The molecule has 0 atom stereocenters. The van der Waals surface area contributed by atoms with Crippen molar-refractivity contribution in [3.05, 3.63) is 175 Å². The van der Waals surface area contributed by atoms with E-state index in [0.29, 0.717) is 0 Å². The van der Waals surface area contributed by atoms with Crippen molar-refractivity contribution in [3.63, 3.8) is 0 Å². The molecule has 1 aliphatic carbocycles. The first-order chi connectivity index (χ1) is 23.8. The quantitative estimate of drug-likeness (QED) is 0.194. The number of aryl methyl sites for hydroxylation is 2. The summed E-state index contributed by atoms with van der Waals surface area (Å²) in [6.45, 7) is 0. The Morgan fingerprint density at radius 1 is 0.396 bits per heavy atom. The average molecular weight is 614 g/mol. The fraction of sp³-hybridized carbons (Fsp3) is 0.0444. The summed E-state index contributed by atoms with van der Waals surface area (Å²) >= 11 is 0. The zero-order valence-corrected chi connectivity index (χ0v) is 26.3. The molecule has 3 nitrogen and oxygen atoms in total. The van der Waals surface area contributed by atoms with Gasteiger partial charge in [-0.25, -0.2) is 4.98 Å². The fourth-order valence-corrected chi connectivity index (χ4v) is 7.80. The van der Waals surface area contributed by atoms with Crippen molar-refractivity contribution in [1.82, 2.24) is 14.1 Å². The van der Waals surface area contributed by atoms with Gasteiger partial charge in [-0.15, -0.1) is 0 Å². The molecule has 0 unspecified atom stereocenters. The lowest BCUT2D eigenvalue weighted by atomic mass is 9.84. The second-order valence-electron chi connectivity index (χ2n) is 12.8. The number of aromatic nitrogens is 3. The van der Waals surface area contributed by atoms with E-state index < -0.39 is 0 Å². The van der Waals surface area contributed by atoms with Gasteiger partial charge in [-0.1, -0.05) is 109 Å². The first-order valence-corrected chi connectivity index (χ1v) is 16.7. The number of fused-ring (bicyclic) bond motifs is 7. The molecular weight excluding hydrogens is 583 g/mol. The molecule has 0 fully saturated rings. The van der Waals surface area contributed by atoms with Gasteiger partial charge in [0.1, 0.15) is 5.82 Å². The molecule has 226 valence electrons. The summed E-state index contributed by atoms with van der Waals surface area (Å²) in [5.74, 6) is 0.954. The van der Waals surface area contributed by atoms with Crippen molar-refractivity contribution in [2.75, 3.05) is 0 Å². The van der Waals surface area contributed by atoms with Crippen LogP contribution in [0.5, 0.6) is 0 Å². The highest BCUT2D eigenvalue weighted by Crippen LogP contribution is 2.39. The topological polar surface area (TPSA) is 22.8 Å². The standard InChI is InChI=1S/C45H31N3/c1-2-13-35(14-3-1)48-44-20-9-6-17-41(44)46-45(48)34-12-10-11-30(28-34)31-23-25-37-32(27-31)21-22-33-29-36(24-26-38(33)37)47-42-18-7-4-15-39(42)40-16-5-8-19-43(40)47/h1-20,23-29H,21-22H2. The first-order valence-electron chi connectivity index (χ1n) is 16.7. The summed E-state index contributed by atoms with van der Waals surface area (Å²) in [4.78, 5) is 5.11. The van der Waals surface area contributed by atoms with Crippen LogP contribution in [0.1, 0.15) is 11.1 Å². The number of para-hydroxylation sites is 5. The SMILES string of the molecule is c1ccc(-n2c(-c3cccc(-c4ccc5c(c4)CCc4cc(-n6c7ccccc7c7ccccc76)ccc4-5)c3)nc3ccccc32)cc1. The van der Waals surface area contributed by atoms with Gasteiger partial charge in [0.2, 0.25) is 0 Å². The number of hydrogen-bond donors (Lipinski definition) is 0. The molecule has 9 aromatic rings. The van der Waals surface area contributed by atoms with E-state index in [9.17, 15) is 0 Å². The lowest BCUT2D eigenvalue weighted by Gasteiger charge is -2.22. The molecule has 0 bridgehead atoms. The minimum Gasteiger partial charge on any atom is -0.309 e. The molecule has 10 rings (SSSR count). The highest BCUT2D eigenvalue weighted by molar-refractivity contribution is 6.09. The molecule has 2 aromatic heterocycles. The van der Waals surface area contributed by atoms with E-state index >= 15 is 0 Å². The van der Waals surface area contributed by atoms with Crippen LogP contribution in [-0.4, -0.2) is 14.1 Å². The van der Waals surface area contributed by atoms with Crippen LogP contribution in [0.3, 0.4) is 0 Å². The number of imidazole rings is 1. The molecular formula is C45H31N3. The van der Waals surface area contributed by atoms with Gasteiger partial charge in [-0.05, 0) is 101 Å². The molecule has 7 aromatic carbocycles. The van der Waals surface area contributed by atoms with Gasteiger partial charge in [0.15, 0.2) is 0 Å². The van der Waals surface area contributed by atoms with Gasteiger partial charge in [-0.2, -0.15) is 0 Å². The summed E-state index contributed by atoms with van der Waals surface area (Å²) in [5.41, 5.74) is 16.0. The van der Waals surface area contributed by atoms with Crippen molar-refractivity contribution < 1.29 is 0 Å². The smallest absolute Gasteiger partial charge is 0.145 e. The van der Waals surface area contributed by atoms with Crippen LogP contribution in [-0.2, 0) is 12.8 Å². The van der Waals surface area contributed by atoms with Gasteiger partial charge in [0.05, 0.1) is 22.1 Å². The molecule has 0 spiro atoms. The minimum absolute atomic E-state index is 0.954. The fourth-order valence-electron chi connectivity index (χ4n) is 7.80. The number of nitrogens with zero attached hydrogens (tertiary/aromatic N) is 3. The number of rotatable bonds is 4. The minimum atomic E-state index is 0.954. The summed E-state index contributed by atoms with van der Waals surface area (Å²) in [6.07, 6.45) is 2.05. The molecule has 0 saturated heterocycles. The van der Waals surface area contributed by atoms with Crippen LogP contribution in [0.2, 0.25) is 0 Å². The zero-order chi connectivity index (χ0) is 31.6. The Morgan fingerprint density at radius 2 is 1.00 bits per heavy atom. The van der Waals surface area contributed by atoms with E-state index in [-0.39, 0.29) is 0 Å². The Labute approximate surface area is 279 Å². The van der Waals surface area contributed by atoms with Gasteiger partial charge >= 0.3 is 0 Å². The Morgan fingerprint density at radius 3 is 1.77 bits per heavy atom. The van der Waals surface area contributed by atoms with Crippen LogP contribution < -0.4 is 0 Å². The van der Waals surface area contributed by atoms with Crippen molar-refractivity contribution in [2.45, 2.75) is 12.8 Å². The highest BCUT2D eigenvalue weighted by atomic mass is 15.1. The molecule has 0 N–H and O–H groups in total. The molecule has 1 aliphatic rings.